The fraction of sp³-hybridized carbons (Fsp3) is 0.400. The summed E-state index contributed by atoms with van der Waals surface area (Å²) in [5, 5.41) is 6.92. The number of H-pyrrole nitrogens is 1. The predicted molar refractivity (Wildman–Crippen MR) is 127 cm³/mol. The van der Waals surface area contributed by atoms with Crippen LogP contribution in [0.5, 0.6) is 0 Å². The second-order valence-corrected chi connectivity index (χ2v) is 8.66. The van der Waals surface area contributed by atoms with Crippen molar-refractivity contribution in [3.05, 3.63) is 65.5 Å². The van der Waals surface area contributed by atoms with Crippen molar-refractivity contribution < 1.29 is 9.59 Å². The highest BCUT2D eigenvalue weighted by Crippen LogP contribution is 2.12. The van der Waals surface area contributed by atoms with Gasteiger partial charge in [-0.1, -0.05) is 29.8 Å². The number of pyridine rings is 1. The molecule has 0 spiro atoms. The van der Waals surface area contributed by atoms with Crippen LogP contribution < -0.4 is 10.6 Å². The Morgan fingerprint density at radius 1 is 1.06 bits per heavy atom. The Morgan fingerprint density at radius 3 is 2.47 bits per heavy atom. The lowest BCUT2D eigenvalue weighted by molar-refractivity contribution is -0.131. The molecule has 2 amide bonds. The molecule has 3 aromatic rings. The van der Waals surface area contributed by atoms with Gasteiger partial charge in [0.05, 0.1) is 6.04 Å². The molecule has 7 heteroatoms. The van der Waals surface area contributed by atoms with Crippen LogP contribution in [0.1, 0.15) is 37.5 Å². The number of aromatic nitrogens is 2. The Balaban J connectivity index is 1.71. The normalized spacial score (nSPS) is 13.3. The van der Waals surface area contributed by atoms with Gasteiger partial charge in [0.2, 0.25) is 11.8 Å². The number of carbonyl (C=O) groups excluding carboxylic acids is 2. The van der Waals surface area contributed by atoms with Crippen molar-refractivity contribution in [1.82, 2.24) is 25.5 Å². The van der Waals surface area contributed by atoms with Crippen LogP contribution in [-0.4, -0.2) is 51.9 Å². The molecule has 0 saturated heterocycles. The number of aromatic amines is 1. The van der Waals surface area contributed by atoms with Crippen molar-refractivity contribution in [2.45, 2.75) is 58.8 Å². The molecular weight excluding hydrogens is 402 g/mol. The molecule has 7 nitrogen and oxygen atoms in total. The summed E-state index contributed by atoms with van der Waals surface area (Å²) in [6.45, 7) is 8.29. The Hall–Kier alpha value is -3.19. The van der Waals surface area contributed by atoms with Gasteiger partial charge in [0.1, 0.15) is 11.7 Å². The molecule has 0 bridgehead atoms. The minimum absolute atomic E-state index is 0.163. The van der Waals surface area contributed by atoms with E-state index in [2.05, 4.69) is 20.6 Å². The summed E-state index contributed by atoms with van der Waals surface area (Å²) in [6, 6.07) is 11.2. The zero-order valence-electron chi connectivity index (χ0n) is 19.5. The van der Waals surface area contributed by atoms with E-state index in [0.717, 1.165) is 27.7 Å². The van der Waals surface area contributed by atoms with Gasteiger partial charge in [-0.2, -0.15) is 0 Å². The van der Waals surface area contributed by atoms with Gasteiger partial charge in [-0.25, -0.2) is 4.98 Å². The summed E-state index contributed by atoms with van der Waals surface area (Å²) in [5.74, 6) is -0.378. The maximum atomic E-state index is 13.1. The van der Waals surface area contributed by atoms with E-state index in [1.165, 1.54) is 0 Å². The number of carbonyl (C=O) groups is 2. The van der Waals surface area contributed by atoms with Crippen molar-refractivity contribution in [3.8, 4) is 0 Å². The monoisotopic (exact) mass is 435 g/mol. The summed E-state index contributed by atoms with van der Waals surface area (Å²) in [7, 11) is 1.91. The molecule has 0 aliphatic heterocycles. The second-order valence-electron chi connectivity index (χ2n) is 8.66. The van der Waals surface area contributed by atoms with E-state index >= 15 is 0 Å². The number of fused-ring (bicyclic) bond motifs is 1. The molecule has 1 aromatic carbocycles. The molecule has 0 saturated carbocycles. The molecule has 170 valence electrons. The SMILES string of the molecule is Cc1ccc(CC(NC(=O)C(C)N(C)C(C)C)C(=O)NCc2cnc3[nH]ccc3c2)cc1. The average molecular weight is 436 g/mol. The Labute approximate surface area is 189 Å². The van der Waals surface area contributed by atoms with E-state index in [0.29, 0.717) is 13.0 Å². The van der Waals surface area contributed by atoms with E-state index in [1.807, 2.05) is 82.2 Å². The van der Waals surface area contributed by atoms with Crippen LogP contribution in [0.15, 0.2) is 48.8 Å². The van der Waals surface area contributed by atoms with Crippen molar-refractivity contribution in [2.75, 3.05) is 7.05 Å². The first-order valence-electron chi connectivity index (χ1n) is 11.0. The quantitative estimate of drug-likeness (QED) is 0.482. The van der Waals surface area contributed by atoms with Crippen LogP contribution >= 0.6 is 0 Å². The molecule has 3 N–H and O–H groups in total. The average Bonchev–Trinajstić information content (AvgIpc) is 3.25. The van der Waals surface area contributed by atoms with Gasteiger partial charge in [0, 0.05) is 36.8 Å². The maximum Gasteiger partial charge on any atom is 0.243 e. The maximum absolute atomic E-state index is 13.1. The lowest BCUT2D eigenvalue weighted by Crippen LogP contribution is -2.53. The summed E-state index contributed by atoms with van der Waals surface area (Å²) < 4.78 is 0. The molecule has 0 radical (unpaired) electrons. The first-order valence-corrected chi connectivity index (χ1v) is 11.0. The first-order chi connectivity index (χ1) is 15.2. The van der Waals surface area contributed by atoms with Gasteiger partial charge in [0.25, 0.3) is 0 Å². The standard InChI is InChI=1S/C25H33N5O2/c1-16(2)30(5)18(4)24(31)29-22(13-19-8-6-17(3)7-9-19)25(32)28-15-20-12-21-10-11-26-23(21)27-14-20/h6-12,14,16,18,22H,13,15H2,1-5H3,(H,26,27)(H,28,32)(H,29,31). The molecule has 32 heavy (non-hydrogen) atoms. The number of aryl methyl sites for hydroxylation is 1. The number of benzene rings is 1. The van der Waals surface area contributed by atoms with E-state index in [-0.39, 0.29) is 23.9 Å². The van der Waals surface area contributed by atoms with Crippen molar-refractivity contribution in [1.29, 1.82) is 0 Å². The second kappa shape index (κ2) is 10.4. The predicted octanol–water partition coefficient (Wildman–Crippen LogP) is 2.94. The Bertz CT molecular complexity index is 1060. The highest BCUT2D eigenvalue weighted by Gasteiger charge is 2.26. The van der Waals surface area contributed by atoms with Crippen LogP contribution in [0.25, 0.3) is 11.0 Å². The summed E-state index contributed by atoms with van der Waals surface area (Å²) in [4.78, 5) is 35.4. The number of hydrogen-bond acceptors (Lipinski definition) is 4. The third-order valence-corrected chi connectivity index (χ3v) is 5.92. The molecule has 0 aliphatic rings. The topological polar surface area (TPSA) is 90.1 Å². The largest absolute Gasteiger partial charge is 0.350 e. The van der Waals surface area contributed by atoms with Crippen molar-refractivity contribution in [3.63, 3.8) is 0 Å². The third kappa shape index (κ3) is 5.95. The lowest BCUT2D eigenvalue weighted by atomic mass is 10.0. The van der Waals surface area contributed by atoms with Gasteiger partial charge in [0.15, 0.2) is 0 Å². The lowest BCUT2D eigenvalue weighted by Gasteiger charge is -2.29. The van der Waals surface area contributed by atoms with E-state index < -0.39 is 6.04 Å². The number of amides is 2. The van der Waals surface area contributed by atoms with Gasteiger partial charge in [-0.15, -0.1) is 0 Å². The number of likely N-dealkylation sites (N-methyl/N-ethyl adjacent to an activating group) is 1. The number of rotatable bonds is 9. The summed E-state index contributed by atoms with van der Waals surface area (Å²) in [5.41, 5.74) is 3.86. The molecular formula is C25H33N5O2. The van der Waals surface area contributed by atoms with Crippen molar-refractivity contribution >= 4 is 22.8 Å². The van der Waals surface area contributed by atoms with Crippen LogP contribution in [0, 0.1) is 6.92 Å². The fourth-order valence-electron chi connectivity index (χ4n) is 3.49. The summed E-state index contributed by atoms with van der Waals surface area (Å²) in [6.07, 6.45) is 4.00. The minimum Gasteiger partial charge on any atom is -0.350 e. The highest BCUT2D eigenvalue weighted by molar-refractivity contribution is 5.90. The molecule has 0 fully saturated rings. The van der Waals surface area contributed by atoms with Gasteiger partial charge < -0.3 is 15.6 Å². The smallest absolute Gasteiger partial charge is 0.243 e. The summed E-state index contributed by atoms with van der Waals surface area (Å²) >= 11 is 0. The van der Waals surface area contributed by atoms with Crippen molar-refractivity contribution in [2.24, 2.45) is 0 Å². The number of nitrogens with one attached hydrogen (secondary N) is 3. The molecule has 2 unspecified atom stereocenters. The van der Waals surface area contributed by atoms with E-state index in [1.54, 1.807) is 6.20 Å². The molecule has 2 heterocycles. The number of hydrogen-bond donors (Lipinski definition) is 3. The van der Waals surface area contributed by atoms with E-state index in [9.17, 15) is 9.59 Å². The Morgan fingerprint density at radius 2 is 1.78 bits per heavy atom. The zero-order valence-corrected chi connectivity index (χ0v) is 19.5. The zero-order chi connectivity index (χ0) is 23.3. The van der Waals surface area contributed by atoms with Gasteiger partial charge in [-0.3, -0.25) is 14.5 Å². The van der Waals surface area contributed by atoms with Crippen LogP contribution in [0.3, 0.4) is 0 Å². The third-order valence-electron chi connectivity index (χ3n) is 5.92. The van der Waals surface area contributed by atoms with Crippen LogP contribution in [0.2, 0.25) is 0 Å². The fourth-order valence-corrected chi connectivity index (χ4v) is 3.49. The highest BCUT2D eigenvalue weighted by atomic mass is 16.2. The van der Waals surface area contributed by atoms with Gasteiger partial charge in [-0.05, 0) is 58.0 Å². The first kappa shape index (κ1) is 23.5. The molecule has 3 rings (SSSR count). The van der Waals surface area contributed by atoms with E-state index in [4.69, 9.17) is 0 Å². The molecule has 2 atom stereocenters. The number of nitrogens with zero attached hydrogens (tertiary/aromatic N) is 2. The van der Waals surface area contributed by atoms with Crippen LogP contribution in [-0.2, 0) is 22.6 Å². The van der Waals surface area contributed by atoms with Crippen LogP contribution in [0.4, 0.5) is 0 Å². The molecule has 0 aliphatic carbocycles. The Kier molecular flexibility index (Phi) is 7.64. The molecule has 2 aromatic heterocycles. The van der Waals surface area contributed by atoms with Gasteiger partial charge >= 0.3 is 0 Å². The minimum atomic E-state index is -0.669.